The quantitative estimate of drug-likeness (QED) is 0.567. The number of benzene rings is 2. The van der Waals surface area contributed by atoms with Crippen LogP contribution in [0.3, 0.4) is 0 Å². The number of sulfonamides is 1. The summed E-state index contributed by atoms with van der Waals surface area (Å²) < 4.78 is 23.9. The molecule has 0 amide bonds. The molecule has 0 atom stereocenters. The molecule has 3 rings (SSSR count). The number of aryl methyl sites for hydroxylation is 1. The number of rotatable bonds is 6. The summed E-state index contributed by atoms with van der Waals surface area (Å²) in [6.07, 6.45) is 0.293. The van der Waals surface area contributed by atoms with Gasteiger partial charge in [-0.1, -0.05) is 41.9 Å². The molecule has 3 N–H and O–H groups in total. The number of carbonyl (C=O) groups is 1. The van der Waals surface area contributed by atoms with E-state index in [1.807, 2.05) is 43.3 Å². The van der Waals surface area contributed by atoms with Crippen molar-refractivity contribution in [2.75, 3.05) is 0 Å². The Morgan fingerprint density at radius 2 is 1.66 bits per heavy atom. The van der Waals surface area contributed by atoms with E-state index in [2.05, 4.69) is 4.98 Å². The highest BCUT2D eigenvalue weighted by molar-refractivity contribution is 7.93. The van der Waals surface area contributed by atoms with E-state index >= 15 is 0 Å². The summed E-state index contributed by atoms with van der Waals surface area (Å²) >= 11 is 5.90. The van der Waals surface area contributed by atoms with Crippen LogP contribution >= 0.6 is 11.6 Å². The first-order valence-corrected chi connectivity index (χ1v) is 10.9. The van der Waals surface area contributed by atoms with Crippen LogP contribution in [0.2, 0.25) is 5.02 Å². The molecule has 5 nitrogen and oxygen atoms in total. The summed E-state index contributed by atoms with van der Waals surface area (Å²) in [7, 11) is -3.85. The molecule has 0 aliphatic rings. The van der Waals surface area contributed by atoms with Gasteiger partial charge in [-0.25, -0.2) is 13.6 Å². The molecule has 0 aliphatic heterocycles. The minimum atomic E-state index is -3.85. The van der Waals surface area contributed by atoms with Crippen molar-refractivity contribution in [3.63, 3.8) is 0 Å². The van der Waals surface area contributed by atoms with Gasteiger partial charge in [-0.05, 0) is 60.9 Å². The fourth-order valence-electron chi connectivity index (χ4n) is 3.14. The lowest BCUT2D eigenvalue weighted by Gasteiger charge is -2.11. The van der Waals surface area contributed by atoms with Gasteiger partial charge in [-0.2, -0.15) is 0 Å². The average molecular weight is 429 g/mol. The number of halogens is 1. The van der Waals surface area contributed by atoms with Crippen molar-refractivity contribution in [2.45, 2.75) is 20.3 Å². The molecule has 0 saturated carbocycles. The zero-order valence-corrected chi connectivity index (χ0v) is 17.6. The Kier molecular flexibility index (Phi) is 6.07. The van der Waals surface area contributed by atoms with Crippen molar-refractivity contribution in [2.24, 2.45) is 5.14 Å². The Labute approximate surface area is 175 Å². The fourth-order valence-corrected chi connectivity index (χ4v) is 3.80. The van der Waals surface area contributed by atoms with Crippen LogP contribution in [0.1, 0.15) is 39.8 Å². The Bertz CT molecular complexity index is 1180. The van der Waals surface area contributed by atoms with Crippen LogP contribution in [-0.2, 0) is 16.4 Å². The molecule has 0 aliphatic carbocycles. The number of nitrogens with two attached hydrogens (primary N) is 1. The van der Waals surface area contributed by atoms with Gasteiger partial charge in [-0.3, -0.25) is 4.79 Å². The number of aromatic nitrogens is 1. The number of H-pyrrole nitrogens is 1. The summed E-state index contributed by atoms with van der Waals surface area (Å²) in [6, 6.07) is 17.7. The molecule has 3 aromatic rings. The van der Waals surface area contributed by atoms with Crippen LogP contribution in [0.25, 0.3) is 5.57 Å². The Hall–Kier alpha value is -2.67. The van der Waals surface area contributed by atoms with E-state index in [1.165, 1.54) is 6.92 Å². The fraction of sp³-hybridized carbons (Fsp3) is 0.136. The number of aromatic amines is 1. The summed E-state index contributed by atoms with van der Waals surface area (Å²) in [4.78, 5) is 16.1. The van der Waals surface area contributed by atoms with E-state index in [0.29, 0.717) is 28.3 Å². The van der Waals surface area contributed by atoms with Gasteiger partial charge >= 0.3 is 0 Å². The molecule has 0 radical (unpaired) electrons. The standard InChI is InChI=1S/C22H21ClN2O3S/c1-14-12-19(25-21(14)22(26)17-8-10-18(23)11-9-17)13-20(15(2)29(24,27)28)16-6-4-3-5-7-16/h3-12,25H,13H2,1-2H3,(H2,24,27,28). The molecule has 7 heteroatoms. The highest BCUT2D eigenvalue weighted by atomic mass is 35.5. The predicted octanol–water partition coefficient (Wildman–Crippen LogP) is 4.47. The third kappa shape index (κ3) is 4.85. The maximum atomic E-state index is 12.8. The molecule has 1 aromatic heterocycles. The molecule has 150 valence electrons. The molecule has 0 fully saturated rings. The molecule has 0 saturated heterocycles. The van der Waals surface area contributed by atoms with Crippen molar-refractivity contribution >= 4 is 33.0 Å². The second-order valence-corrected chi connectivity index (χ2v) is 8.95. The van der Waals surface area contributed by atoms with Gasteiger partial charge in [0.15, 0.2) is 0 Å². The molecule has 2 aromatic carbocycles. The van der Waals surface area contributed by atoms with Crippen molar-refractivity contribution < 1.29 is 13.2 Å². The minimum absolute atomic E-state index is 0.0986. The summed E-state index contributed by atoms with van der Waals surface area (Å²) in [5.41, 5.74) is 3.83. The van der Waals surface area contributed by atoms with Gasteiger partial charge < -0.3 is 4.98 Å². The number of allylic oxidation sites excluding steroid dienone is 2. The molecular weight excluding hydrogens is 408 g/mol. The average Bonchev–Trinajstić information content (AvgIpc) is 3.06. The van der Waals surface area contributed by atoms with Crippen molar-refractivity contribution in [3.05, 3.63) is 98.7 Å². The van der Waals surface area contributed by atoms with Gasteiger partial charge in [0.05, 0.1) is 10.6 Å². The van der Waals surface area contributed by atoms with Gasteiger partial charge in [0.1, 0.15) is 0 Å². The van der Waals surface area contributed by atoms with E-state index in [-0.39, 0.29) is 10.7 Å². The number of nitrogens with one attached hydrogen (secondary N) is 1. The van der Waals surface area contributed by atoms with Crippen molar-refractivity contribution in [1.82, 2.24) is 4.98 Å². The lowest BCUT2D eigenvalue weighted by atomic mass is 10.0. The maximum Gasteiger partial charge on any atom is 0.234 e. The predicted molar refractivity (Wildman–Crippen MR) is 116 cm³/mol. The Morgan fingerprint density at radius 1 is 1.03 bits per heavy atom. The van der Waals surface area contributed by atoms with Gasteiger partial charge in [0, 0.05) is 22.7 Å². The zero-order valence-electron chi connectivity index (χ0n) is 16.1. The molecule has 1 heterocycles. The smallest absolute Gasteiger partial charge is 0.234 e. The van der Waals surface area contributed by atoms with Crippen LogP contribution in [0, 0.1) is 6.92 Å². The third-order valence-corrected chi connectivity index (χ3v) is 6.10. The van der Waals surface area contributed by atoms with E-state index < -0.39 is 10.0 Å². The number of hydrogen-bond acceptors (Lipinski definition) is 3. The first kappa shape index (κ1) is 21.0. The first-order valence-electron chi connectivity index (χ1n) is 8.93. The Balaban J connectivity index is 1.99. The van der Waals surface area contributed by atoms with Gasteiger partial charge in [-0.15, -0.1) is 0 Å². The molecular formula is C22H21ClN2O3S. The zero-order chi connectivity index (χ0) is 21.2. The van der Waals surface area contributed by atoms with E-state index in [1.54, 1.807) is 24.3 Å². The molecule has 29 heavy (non-hydrogen) atoms. The lowest BCUT2D eigenvalue weighted by Crippen LogP contribution is -2.15. The number of ketones is 1. The van der Waals surface area contributed by atoms with Gasteiger partial charge in [0.25, 0.3) is 0 Å². The summed E-state index contributed by atoms with van der Waals surface area (Å²) in [5, 5.41) is 5.94. The molecule has 0 spiro atoms. The third-order valence-electron chi connectivity index (χ3n) is 4.75. The highest BCUT2D eigenvalue weighted by Crippen LogP contribution is 2.26. The van der Waals surface area contributed by atoms with Crippen LogP contribution in [0.15, 0.2) is 65.6 Å². The second kappa shape index (κ2) is 8.37. The summed E-state index contributed by atoms with van der Waals surface area (Å²) in [6.45, 7) is 3.33. The van der Waals surface area contributed by atoms with Crippen LogP contribution in [0.4, 0.5) is 0 Å². The Morgan fingerprint density at radius 3 is 2.24 bits per heavy atom. The number of primary sulfonamides is 1. The van der Waals surface area contributed by atoms with Crippen LogP contribution < -0.4 is 5.14 Å². The number of carbonyl (C=O) groups excluding carboxylic acids is 1. The van der Waals surface area contributed by atoms with E-state index in [0.717, 1.165) is 16.8 Å². The molecule has 0 unspecified atom stereocenters. The number of hydrogen-bond donors (Lipinski definition) is 2. The monoisotopic (exact) mass is 428 g/mol. The lowest BCUT2D eigenvalue weighted by molar-refractivity contribution is 0.103. The van der Waals surface area contributed by atoms with Crippen LogP contribution in [0.5, 0.6) is 0 Å². The van der Waals surface area contributed by atoms with E-state index in [4.69, 9.17) is 16.7 Å². The molecule has 0 bridgehead atoms. The maximum absolute atomic E-state index is 12.8. The SMILES string of the molecule is CC(=C(Cc1cc(C)c(C(=O)c2ccc(Cl)cc2)[nH]1)c1ccccc1)S(N)(=O)=O. The second-order valence-electron chi connectivity index (χ2n) is 6.81. The largest absolute Gasteiger partial charge is 0.355 e. The summed E-state index contributed by atoms with van der Waals surface area (Å²) in [5.74, 6) is -0.154. The topological polar surface area (TPSA) is 93.0 Å². The highest BCUT2D eigenvalue weighted by Gasteiger charge is 2.19. The minimum Gasteiger partial charge on any atom is -0.355 e. The van der Waals surface area contributed by atoms with E-state index in [9.17, 15) is 13.2 Å². The first-order chi connectivity index (χ1) is 13.7. The normalized spacial score (nSPS) is 12.6. The van der Waals surface area contributed by atoms with Crippen LogP contribution in [-0.4, -0.2) is 19.2 Å². The van der Waals surface area contributed by atoms with Gasteiger partial charge in [0.2, 0.25) is 15.8 Å². The van der Waals surface area contributed by atoms with Crippen molar-refractivity contribution in [1.29, 1.82) is 0 Å². The van der Waals surface area contributed by atoms with Crippen molar-refractivity contribution in [3.8, 4) is 0 Å².